The number of pyridine rings is 2. The van der Waals surface area contributed by atoms with Crippen molar-refractivity contribution in [2.24, 2.45) is 5.73 Å². The van der Waals surface area contributed by atoms with Crippen LogP contribution in [0.25, 0.3) is 0 Å². The minimum Gasteiger partial charge on any atom is -0.319 e. The molecule has 0 aromatic carbocycles. The van der Waals surface area contributed by atoms with E-state index < -0.39 is 0 Å². The molecule has 0 aliphatic rings. The van der Waals surface area contributed by atoms with Crippen LogP contribution in [0.3, 0.4) is 0 Å². The van der Waals surface area contributed by atoms with Gasteiger partial charge in [-0.15, -0.1) is 0 Å². The lowest BCUT2D eigenvalue weighted by molar-refractivity contribution is 0.812. The number of nitrogens with zero attached hydrogens (tertiary/aromatic N) is 2. The Morgan fingerprint density at radius 2 is 2.00 bits per heavy atom. The summed E-state index contributed by atoms with van der Waals surface area (Å²) in [5.41, 5.74) is 9.11. The Hall–Kier alpha value is -1.74. The monoisotopic (exact) mass is 199 g/mol. The summed E-state index contributed by atoms with van der Waals surface area (Å²) < 4.78 is 0. The molecule has 3 heteroatoms. The third kappa shape index (κ3) is 2.02. The standard InChI is InChI=1S/C12H13N3/c1-9-4-2-7-15-12(9)11(13)10-5-3-6-14-8-10/h2-8,11H,13H2,1H3. The van der Waals surface area contributed by atoms with Crippen LogP contribution >= 0.6 is 0 Å². The van der Waals surface area contributed by atoms with E-state index in [1.54, 1.807) is 18.6 Å². The van der Waals surface area contributed by atoms with Crippen LogP contribution in [0.1, 0.15) is 22.9 Å². The van der Waals surface area contributed by atoms with E-state index in [4.69, 9.17) is 5.73 Å². The van der Waals surface area contributed by atoms with E-state index in [2.05, 4.69) is 9.97 Å². The molecular formula is C12H13N3. The highest BCUT2D eigenvalue weighted by molar-refractivity contribution is 5.29. The Kier molecular flexibility index (Phi) is 2.74. The summed E-state index contributed by atoms with van der Waals surface area (Å²) in [5, 5.41) is 0. The van der Waals surface area contributed by atoms with Gasteiger partial charge in [0, 0.05) is 18.6 Å². The second kappa shape index (κ2) is 4.19. The largest absolute Gasteiger partial charge is 0.319 e. The molecule has 0 fully saturated rings. The molecule has 2 rings (SSSR count). The molecule has 0 aliphatic heterocycles. The normalized spacial score (nSPS) is 12.4. The maximum atomic E-state index is 6.11. The molecule has 0 bridgehead atoms. The van der Waals surface area contributed by atoms with Crippen molar-refractivity contribution in [3.05, 3.63) is 59.7 Å². The van der Waals surface area contributed by atoms with Gasteiger partial charge in [-0.1, -0.05) is 12.1 Å². The van der Waals surface area contributed by atoms with Crippen LogP contribution < -0.4 is 5.73 Å². The van der Waals surface area contributed by atoms with Crippen molar-refractivity contribution in [2.75, 3.05) is 0 Å². The highest BCUT2D eigenvalue weighted by Crippen LogP contribution is 2.18. The average Bonchev–Trinajstić information content (AvgIpc) is 2.30. The molecule has 2 heterocycles. The van der Waals surface area contributed by atoms with Crippen LogP contribution in [0, 0.1) is 6.92 Å². The van der Waals surface area contributed by atoms with E-state index in [1.165, 1.54) is 0 Å². The zero-order valence-corrected chi connectivity index (χ0v) is 8.59. The van der Waals surface area contributed by atoms with Crippen molar-refractivity contribution in [1.82, 2.24) is 9.97 Å². The van der Waals surface area contributed by atoms with E-state index in [0.29, 0.717) is 0 Å². The van der Waals surface area contributed by atoms with Crippen molar-refractivity contribution < 1.29 is 0 Å². The third-order valence-corrected chi connectivity index (χ3v) is 2.39. The van der Waals surface area contributed by atoms with E-state index in [9.17, 15) is 0 Å². The third-order valence-electron chi connectivity index (χ3n) is 2.39. The number of rotatable bonds is 2. The molecule has 0 aliphatic carbocycles. The zero-order chi connectivity index (χ0) is 10.7. The fourth-order valence-electron chi connectivity index (χ4n) is 1.54. The van der Waals surface area contributed by atoms with Gasteiger partial charge in [-0.25, -0.2) is 0 Å². The van der Waals surface area contributed by atoms with Gasteiger partial charge < -0.3 is 5.73 Å². The second-order valence-electron chi connectivity index (χ2n) is 3.47. The minimum absolute atomic E-state index is 0.195. The fourth-order valence-corrected chi connectivity index (χ4v) is 1.54. The van der Waals surface area contributed by atoms with E-state index in [-0.39, 0.29) is 6.04 Å². The number of hydrogen-bond acceptors (Lipinski definition) is 3. The first kappa shape index (κ1) is 9.80. The quantitative estimate of drug-likeness (QED) is 0.802. The number of hydrogen-bond donors (Lipinski definition) is 1. The number of aromatic nitrogens is 2. The Morgan fingerprint density at radius 3 is 2.67 bits per heavy atom. The van der Waals surface area contributed by atoms with E-state index in [0.717, 1.165) is 16.8 Å². The van der Waals surface area contributed by atoms with Crippen molar-refractivity contribution in [3.8, 4) is 0 Å². The lowest BCUT2D eigenvalue weighted by atomic mass is 10.0. The summed E-state index contributed by atoms with van der Waals surface area (Å²) in [6.07, 6.45) is 5.28. The van der Waals surface area contributed by atoms with Gasteiger partial charge >= 0.3 is 0 Å². The lowest BCUT2D eigenvalue weighted by Gasteiger charge is -2.12. The predicted molar refractivity (Wildman–Crippen MR) is 59.2 cm³/mol. The molecule has 2 aromatic heterocycles. The van der Waals surface area contributed by atoms with E-state index in [1.807, 2.05) is 31.2 Å². The van der Waals surface area contributed by atoms with Crippen LogP contribution in [-0.4, -0.2) is 9.97 Å². The average molecular weight is 199 g/mol. The Labute approximate surface area is 89.0 Å². The highest BCUT2D eigenvalue weighted by atomic mass is 14.8. The molecule has 0 saturated heterocycles. The van der Waals surface area contributed by atoms with Crippen molar-refractivity contribution in [1.29, 1.82) is 0 Å². The molecule has 76 valence electrons. The van der Waals surface area contributed by atoms with Gasteiger partial charge in [-0.2, -0.15) is 0 Å². The van der Waals surface area contributed by atoms with Crippen molar-refractivity contribution in [3.63, 3.8) is 0 Å². The summed E-state index contributed by atoms with van der Waals surface area (Å²) in [6.45, 7) is 2.01. The summed E-state index contributed by atoms with van der Waals surface area (Å²) in [7, 11) is 0. The van der Waals surface area contributed by atoms with Gasteiger partial charge in [0.2, 0.25) is 0 Å². The molecule has 2 aromatic rings. The van der Waals surface area contributed by atoms with E-state index >= 15 is 0 Å². The number of nitrogens with two attached hydrogens (primary N) is 1. The predicted octanol–water partition coefficient (Wildman–Crippen LogP) is 1.83. The molecular weight excluding hydrogens is 186 g/mol. The van der Waals surface area contributed by atoms with Crippen molar-refractivity contribution in [2.45, 2.75) is 13.0 Å². The smallest absolute Gasteiger partial charge is 0.0744 e. The Balaban J connectivity index is 2.37. The summed E-state index contributed by atoms with van der Waals surface area (Å²) in [5.74, 6) is 0. The first-order valence-electron chi connectivity index (χ1n) is 4.86. The molecule has 3 nitrogen and oxygen atoms in total. The molecule has 2 N–H and O–H groups in total. The van der Waals surface area contributed by atoms with Gasteiger partial charge in [0.25, 0.3) is 0 Å². The molecule has 1 unspecified atom stereocenters. The molecule has 1 atom stereocenters. The van der Waals surface area contributed by atoms with Gasteiger partial charge in [-0.05, 0) is 30.2 Å². The lowest BCUT2D eigenvalue weighted by Crippen LogP contribution is -2.14. The first-order chi connectivity index (χ1) is 7.29. The topological polar surface area (TPSA) is 51.8 Å². The Bertz CT molecular complexity index is 440. The Morgan fingerprint density at radius 1 is 1.20 bits per heavy atom. The summed E-state index contributed by atoms with van der Waals surface area (Å²) >= 11 is 0. The van der Waals surface area contributed by atoms with Crippen LogP contribution in [0.5, 0.6) is 0 Å². The minimum atomic E-state index is -0.195. The molecule has 0 spiro atoms. The van der Waals surface area contributed by atoms with Gasteiger partial charge in [0.15, 0.2) is 0 Å². The van der Waals surface area contributed by atoms with Gasteiger partial charge in [0.05, 0.1) is 11.7 Å². The molecule has 0 amide bonds. The maximum absolute atomic E-state index is 6.11. The molecule has 15 heavy (non-hydrogen) atoms. The molecule has 0 saturated carbocycles. The first-order valence-corrected chi connectivity index (χ1v) is 4.86. The summed E-state index contributed by atoms with van der Waals surface area (Å²) in [6, 6.07) is 7.58. The van der Waals surface area contributed by atoms with Crippen LogP contribution in [0.15, 0.2) is 42.9 Å². The van der Waals surface area contributed by atoms with Crippen LogP contribution in [-0.2, 0) is 0 Å². The maximum Gasteiger partial charge on any atom is 0.0744 e. The van der Waals surface area contributed by atoms with Gasteiger partial charge in [0.1, 0.15) is 0 Å². The van der Waals surface area contributed by atoms with Crippen LogP contribution in [0.2, 0.25) is 0 Å². The van der Waals surface area contributed by atoms with Crippen LogP contribution in [0.4, 0.5) is 0 Å². The SMILES string of the molecule is Cc1cccnc1C(N)c1cccnc1. The molecule has 0 radical (unpaired) electrons. The second-order valence-corrected chi connectivity index (χ2v) is 3.47. The zero-order valence-electron chi connectivity index (χ0n) is 8.59. The number of aryl methyl sites for hydroxylation is 1. The van der Waals surface area contributed by atoms with Gasteiger partial charge in [-0.3, -0.25) is 9.97 Å². The van der Waals surface area contributed by atoms with Crippen molar-refractivity contribution >= 4 is 0 Å². The highest BCUT2D eigenvalue weighted by Gasteiger charge is 2.11. The summed E-state index contributed by atoms with van der Waals surface area (Å²) in [4.78, 5) is 8.35. The fraction of sp³-hybridized carbons (Fsp3) is 0.167.